The lowest BCUT2D eigenvalue weighted by molar-refractivity contribution is 0.0946. The summed E-state index contributed by atoms with van der Waals surface area (Å²) in [7, 11) is 1.56. The predicted octanol–water partition coefficient (Wildman–Crippen LogP) is 2.87. The fourth-order valence-corrected chi connectivity index (χ4v) is 2.85. The number of amides is 2. The predicted molar refractivity (Wildman–Crippen MR) is 98.4 cm³/mol. The van der Waals surface area contributed by atoms with Crippen molar-refractivity contribution in [3.63, 3.8) is 0 Å². The molecule has 138 valence electrons. The van der Waals surface area contributed by atoms with Gasteiger partial charge in [0.25, 0.3) is 11.8 Å². The number of hydrogen-bond donors (Lipinski definition) is 2. The number of hydrogen-bond acceptors (Lipinski definition) is 6. The van der Waals surface area contributed by atoms with Crippen LogP contribution in [0.5, 0.6) is 5.75 Å². The summed E-state index contributed by atoms with van der Waals surface area (Å²) in [6.07, 6.45) is 0. The van der Waals surface area contributed by atoms with Crippen LogP contribution < -0.4 is 15.4 Å². The third-order valence-corrected chi connectivity index (χ3v) is 4.45. The number of carbonyl (C=O) groups excluding carboxylic acids is 2. The maximum atomic E-state index is 13.6. The van der Waals surface area contributed by atoms with Gasteiger partial charge in [0.15, 0.2) is 0 Å². The summed E-state index contributed by atoms with van der Waals surface area (Å²) < 4.78 is 18.6. The van der Waals surface area contributed by atoms with E-state index >= 15 is 0 Å². The van der Waals surface area contributed by atoms with Crippen LogP contribution >= 0.6 is 11.3 Å². The van der Waals surface area contributed by atoms with E-state index in [1.54, 1.807) is 37.4 Å². The first-order valence-electron chi connectivity index (χ1n) is 7.87. The Balaban J connectivity index is 1.58. The topological polar surface area (TPSA) is 93.2 Å². The second kappa shape index (κ2) is 8.37. The number of anilines is 1. The van der Waals surface area contributed by atoms with Crippen LogP contribution in [-0.4, -0.2) is 29.1 Å². The lowest BCUT2D eigenvalue weighted by Gasteiger charge is -2.04. The minimum atomic E-state index is -0.605. The molecule has 0 aliphatic heterocycles. The highest BCUT2D eigenvalue weighted by Gasteiger charge is 2.15. The molecule has 1 aromatic heterocycles. The Kier molecular flexibility index (Phi) is 5.72. The SMILES string of the molecule is COc1ccc(NC(=O)c2nnc(CNC(=O)c3ccccc3F)s2)cc1. The van der Waals surface area contributed by atoms with Gasteiger partial charge in [0.1, 0.15) is 16.6 Å². The van der Waals surface area contributed by atoms with Gasteiger partial charge in [-0.2, -0.15) is 0 Å². The van der Waals surface area contributed by atoms with Crippen molar-refractivity contribution < 1.29 is 18.7 Å². The van der Waals surface area contributed by atoms with Gasteiger partial charge in [0.2, 0.25) is 5.01 Å². The first kappa shape index (κ1) is 18.5. The molecule has 9 heteroatoms. The maximum absolute atomic E-state index is 13.6. The minimum absolute atomic E-state index is 0.0423. The molecule has 27 heavy (non-hydrogen) atoms. The van der Waals surface area contributed by atoms with Crippen LogP contribution in [0, 0.1) is 5.82 Å². The van der Waals surface area contributed by atoms with Gasteiger partial charge in [-0.3, -0.25) is 9.59 Å². The summed E-state index contributed by atoms with van der Waals surface area (Å²) in [5, 5.41) is 13.5. The molecule has 0 fully saturated rings. The molecular formula is C18H15FN4O3S. The minimum Gasteiger partial charge on any atom is -0.497 e. The molecule has 0 atom stereocenters. The van der Waals surface area contributed by atoms with Crippen LogP contribution in [-0.2, 0) is 6.54 Å². The van der Waals surface area contributed by atoms with Crippen LogP contribution in [0.2, 0.25) is 0 Å². The molecule has 2 N–H and O–H groups in total. The van der Waals surface area contributed by atoms with E-state index in [9.17, 15) is 14.0 Å². The average molecular weight is 386 g/mol. The molecule has 3 rings (SSSR count). The first-order chi connectivity index (χ1) is 13.1. The Morgan fingerprint density at radius 1 is 1.07 bits per heavy atom. The van der Waals surface area contributed by atoms with Crippen LogP contribution in [0.1, 0.15) is 25.2 Å². The van der Waals surface area contributed by atoms with Crippen LogP contribution in [0.3, 0.4) is 0 Å². The number of nitrogens with zero attached hydrogens (tertiary/aromatic N) is 2. The first-order valence-corrected chi connectivity index (χ1v) is 8.69. The number of aromatic nitrogens is 2. The molecule has 0 saturated carbocycles. The molecule has 3 aromatic rings. The largest absolute Gasteiger partial charge is 0.497 e. The van der Waals surface area contributed by atoms with E-state index < -0.39 is 17.6 Å². The Labute approximate surface area is 158 Å². The summed E-state index contributed by atoms with van der Waals surface area (Å²) in [4.78, 5) is 24.2. The molecule has 0 spiro atoms. The fraction of sp³-hybridized carbons (Fsp3) is 0.111. The number of methoxy groups -OCH3 is 1. The molecule has 0 radical (unpaired) electrons. The van der Waals surface area contributed by atoms with Gasteiger partial charge in [-0.25, -0.2) is 4.39 Å². The van der Waals surface area contributed by atoms with Crippen molar-refractivity contribution in [1.82, 2.24) is 15.5 Å². The van der Waals surface area contributed by atoms with E-state index in [0.717, 1.165) is 11.3 Å². The zero-order chi connectivity index (χ0) is 19.2. The zero-order valence-electron chi connectivity index (χ0n) is 14.2. The van der Waals surface area contributed by atoms with E-state index in [0.29, 0.717) is 16.4 Å². The van der Waals surface area contributed by atoms with Crippen LogP contribution in [0.15, 0.2) is 48.5 Å². The second-order valence-corrected chi connectivity index (χ2v) is 6.41. The lowest BCUT2D eigenvalue weighted by Crippen LogP contribution is -2.23. The Morgan fingerprint density at radius 3 is 2.52 bits per heavy atom. The summed E-state index contributed by atoms with van der Waals surface area (Å²) in [5.41, 5.74) is 0.532. The van der Waals surface area contributed by atoms with Crippen molar-refractivity contribution in [3.8, 4) is 5.75 Å². The monoisotopic (exact) mass is 386 g/mol. The molecule has 2 aromatic carbocycles. The third-order valence-electron chi connectivity index (χ3n) is 3.53. The highest BCUT2D eigenvalue weighted by Crippen LogP contribution is 2.17. The van der Waals surface area contributed by atoms with Gasteiger partial charge in [0.05, 0.1) is 19.2 Å². The lowest BCUT2D eigenvalue weighted by atomic mass is 10.2. The highest BCUT2D eigenvalue weighted by molar-refractivity contribution is 7.13. The summed E-state index contributed by atoms with van der Waals surface area (Å²) in [6, 6.07) is 12.5. The molecular weight excluding hydrogens is 371 g/mol. The van der Waals surface area contributed by atoms with Crippen molar-refractivity contribution in [2.75, 3.05) is 12.4 Å². The Hall–Kier alpha value is -3.33. The number of nitrogens with one attached hydrogen (secondary N) is 2. The summed E-state index contributed by atoms with van der Waals surface area (Å²) in [5.74, 6) is -0.902. The van der Waals surface area contributed by atoms with Crippen molar-refractivity contribution in [3.05, 3.63) is 69.9 Å². The average Bonchev–Trinajstić information content (AvgIpc) is 3.16. The molecule has 1 heterocycles. The Bertz CT molecular complexity index is 959. The molecule has 7 nitrogen and oxygen atoms in total. The fourth-order valence-electron chi connectivity index (χ4n) is 2.17. The van der Waals surface area contributed by atoms with Crippen LogP contribution in [0.25, 0.3) is 0 Å². The van der Waals surface area contributed by atoms with Crippen molar-refractivity contribution in [2.45, 2.75) is 6.54 Å². The normalized spacial score (nSPS) is 10.3. The van der Waals surface area contributed by atoms with Gasteiger partial charge >= 0.3 is 0 Å². The number of benzene rings is 2. The quantitative estimate of drug-likeness (QED) is 0.680. The van der Waals surface area contributed by atoms with Crippen molar-refractivity contribution in [2.24, 2.45) is 0 Å². The summed E-state index contributed by atoms with van der Waals surface area (Å²) in [6.45, 7) is 0.0423. The molecule has 0 aliphatic carbocycles. The maximum Gasteiger partial charge on any atom is 0.286 e. The molecule has 0 unspecified atom stereocenters. The Morgan fingerprint density at radius 2 is 1.81 bits per heavy atom. The standard InChI is InChI=1S/C18H15FN4O3S/c1-26-12-8-6-11(7-9-12)21-17(25)18-23-22-15(27-18)10-20-16(24)13-4-2-3-5-14(13)19/h2-9H,10H2,1H3,(H,20,24)(H,21,25). The van der Waals surface area contributed by atoms with E-state index in [4.69, 9.17) is 4.74 Å². The highest BCUT2D eigenvalue weighted by atomic mass is 32.1. The smallest absolute Gasteiger partial charge is 0.286 e. The number of halogens is 1. The third kappa shape index (κ3) is 4.64. The van der Waals surface area contributed by atoms with Crippen LogP contribution in [0.4, 0.5) is 10.1 Å². The summed E-state index contributed by atoms with van der Waals surface area (Å²) >= 11 is 1.04. The van der Waals surface area contributed by atoms with E-state index in [2.05, 4.69) is 20.8 Å². The number of rotatable bonds is 6. The number of carbonyl (C=O) groups is 2. The van der Waals surface area contributed by atoms with E-state index in [-0.39, 0.29) is 17.1 Å². The van der Waals surface area contributed by atoms with Gasteiger partial charge in [-0.05, 0) is 36.4 Å². The molecule has 0 bridgehead atoms. The van der Waals surface area contributed by atoms with Gasteiger partial charge in [-0.1, -0.05) is 23.5 Å². The zero-order valence-corrected chi connectivity index (χ0v) is 15.0. The molecule has 2 amide bonds. The van der Waals surface area contributed by atoms with Gasteiger partial charge < -0.3 is 15.4 Å². The second-order valence-electron chi connectivity index (χ2n) is 5.35. The number of ether oxygens (including phenoxy) is 1. The van der Waals surface area contributed by atoms with Crippen molar-refractivity contribution >= 4 is 28.8 Å². The van der Waals surface area contributed by atoms with Gasteiger partial charge in [0, 0.05) is 5.69 Å². The molecule has 0 saturated heterocycles. The van der Waals surface area contributed by atoms with E-state index in [1.807, 2.05) is 0 Å². The molecule has 0 aliphatic rings. The van der Waals surface area contributed by atoms with Crippen molar-refractivity contribution in [1.29, 1.82) is 0 Å². The van der Waals surface area contributed by atoms with E-state index in [1.165, 1.54) is 18.2 Å². The van der Waals surface area contributed by atoms with Gasteiger partial charge in [-0.15, -0.1) is 10.2 Å².